The number of rotatable bonds is 4. The van der Waals surface area contributed by atoms with Crippen LogP contribution in [0.1, 0.15) is 19.3 Å². The van der Waals surface area contributed by atoms with Crippen LogP contribution in [0.5, 0.6) is 0 Å². The van der Waals surface area contributed by atoms with E-state index in [1.165, 1.54) is 0 Å². The van der Waals surface area contributed by atoms with E-state index in [1.54, 1.807) is 0 Å². The van der Waals surface area contributed by atoms with Gasteiger partial charge in [-0.3, -0.25) is 0 Å². The second-order valence-electron chi connectivity index (χ2n) is 5.27. The van der Waals surface area contributed by atoms with Gasteiger partial charge in [0, 0.05) is 32.6 Å². The third-order valence-electron chi connectivity index (χ3n) is 2.88. The fraction of sp³-hybridized carbons (Fsp3) is 0.846. The van der Waals surface area contributed by atoms with Crippen LogP contribution in [0.25, 0.3) is 0 Å². The molecular formula is C13H19F9N2O4. The molecule has 0 radical (unpaired) electrons. The van der Waals surface area contributed by atoms with E-state index in [1.807, 2.05) is 0 Å². The third kappa shape index (κ3) is 19.0. The van der Waals surface area contributed by atoms with Crippen molar-refractivity contribution < 1.29 is 59.3 Å². The molecule has 0 aromatic heterocycles. The van der Waals surface area contributed by atoms with E-state index in [2.05, 4.69) is 10.2 Å². The highest BCUT2D eigenvalue weighted by Crippen LogP contribution is 2.22. The first-order valence-corrected chi connectivity index (χ1v) is 7.57. The Labute approximate surface area is 153 Å². The first-order valence-electron chi connectivity index (χ1n) is 7.57. The zero-order valence-corrected chi connectivity index (χ0v) is 14.2. The van der Waals surface area contributed by atoms with Crippen LogP contribution in [0, 0.1) is 0 Å². The van der Waals surface area contributed by atoms with Gasteiger partial charge in [-0.25, -0.2) is 9.59 Å². The second kappa shape index (κ2) is 12.6. The van der Waals surface area contributed by atoms with Crippen molar-refractivity contribution in [2.45, 2.75) is 37.8 Å². The van der Waals surface area contributed by atoms with Crippen LogP contribution in [0.2, 0.25) is 0 Å². The molecule has 0 aromatic carbocycles. The molecule has 1 saturated heterocycles. The molecule has 0 aromatic rings. The van der Waals surface area contributed by atoms with Crippen molar-refractivity contribution in [2.75, 3.05) is 32.7 Å². The summed E-state index contributed by atoms with van der Waals surface area (Å²) in [5.74, 6) is -5.51. The number of hydrogen-bond acceptors (Lipinski definition) is 4. The highest BCUT2D eigenvalue weighted by Gasteiger charge is 2.38. The Kier molecular flexibility index (Phi) is 12.8. The summed E-state index contributed by atoms with van der Waals surface area (Å²) in [5, 5.41) is 17.5. The monoisotopic (exact) mass is 438 g/mol. The molecule has 1 heterocycles. The van der Waals surface area contributed by atoms with Crippen molar-refractivity contribution in [2.24, 2.45) is 0 Å². The minimum atomic E-state index is -5.08. The average Bonchev–Trinajstić information content (AvgIpc) is 2.51. The number of piperazine rings is 1. The fourth-order valence-corrected chi connectivity index (χ4v) is 1.60. The lowest BCUT2D eigenvalue weighted by Gasteiger charge is -2.27. The summed E-state index contributed by atoms with van der Waals surface area (Å²) in [5.41, 5.74) is 0. The molecule has 168 valence electrons. The van der Waals surface area contributed by atoms with Gasteiger partial charge in [0.15, 0.2) is 0 Å². The largest absolute Gasteiger partial charge is 0.490 e. The molecule has 15 heteroatoms. The topological polar surface area (TPSA) is 89.9 Å². The number of hydrogen-bond donors (Lipinski definition) is 3. The number of carboxylic acids is 2. The lowest BCUT2D eigenvalue weighted by molar-refractivity contribution is -0.193. The van der Waals surface area contributed by atoms with Crippen LogP contribution in [0.15, 0.2) is 0 Å². The van der Waals surface area contributed by atoms with Crippen molar-refractivity contribution in [3.05, 3.63) is 0 Å². The van der Waals surface area contributed by atoms with E-state index < -0.39 is 36.9 Å². The summed E-state index contributed by atoms with van der Waals surface area (Å²) < 4.78 is 98.9. The summed E-state index contributed by atoms with van der Waals surface area (Å²) in [4.78, 5) is 20.0. The maximum Gasteiger partial charge on any atom is 0.490 e. The Hall–Kier alpha value is -1.77. The molecule has 0 spiro atoms. The molecule has 0 saturated carbocycles. The Morgan fingerprint density at radius 1 is 0.786 bits per heavy atom. The molecule has 3 N–H and O–H groups in total. The summed E-state index contributed by atoms with van der Waals surface area (Å²) in [6.45, 7) is 4.65. The van der Waals surface area contributed by atoms with Gasteiger partial charge in [-0.05, 0) is 19.4 Å². The van der Waals surface area contributed by atoms with Crippen LogP contribution in [0.3, 0.4) is 0 Å². The van der Waals surface area contributed by atoms with Crippen LogP contribution in [0.4, 0.5) is 39.5 Å². The average molecular weight is 438 g/mol. The van der Waals surface area contributed by atoms with Gasteiger partial charge in [0.1, 0.15) is 0 Å². The number of alkyl halides is 9. The molecule has 0 aliphatic carbocycles. The zero-order chi connectivity index (χ0) is 22.6. The molecule has 0 bridgehead atoms. The Morgan fingerprint density at radius 2 is 1.14 bits per heavy atom. The number of carboxylic acid groups (broad SMARTS) is 2. The van der Waals surface area contributed by atoms with Crippen LogP contribution in [-0.4, -0.2) is 78.3 Å². The van der Waals surface area contributed by atoms with Crippen LogP contribution < -0.4 is 5.32 Å². The number of aliphatic carboxylic acids is 2. The van der Waals surface area contributed by atoms with Crippen molar-refractivity contribution in [3.63, 3.8) is 0 Å². The van der Waals surface area contributed by atoms with Gasteiger partial charge in [-0.15, -0.1) is 0 Å². The second-order valence-corrected chi connectivity index (χ2v) is 5.27. The van der Waals surface area contributed by atoms with E-state index >= 15 is 0 Å². The van der Waals surface area contributed by atoms with E-state index in [-0.39, 0.29) is 6.42 Å². The molecule has 1 aliphatic rings. The number of nitrogens with one attached hydrogen (secondary N) is 1. The Bertz CT molecular complexity index is 434. The Balaban J connectivity index is 0. The SMILES string of the molecule is FC(F)(F)CCCCN1CCNCC1.O=C(O)C(F)(F)F.O=C(O)C(F)(F)F. The molecule has 6 nitrogen and oxygen atoms in total. The summed E-state index contributed by atoms with van der Waals surface area (Å²) in [7, 11) is 0. The van der Waals surface area contributed by atoms with E-state index in [9.17, 15) is 39.5 Å². The third-order valence-corrected chi connectivity index (χ3v) is 2.88. The molecule has 28 heavy (non-hydrogen) atoms. The minimum Gasteiger partial charge on any atom is -0.475 e. The van der Waals surface area contributed by atoms with Crippen molar-refractivity contribution in [1.29, 1.82) is 0 Å². The highest BCUT2D eigenvalue weighted by molar-refractivity contribution is 5.73. The van der Waals surface area contributed by atoms with Gasteiger partial charge in [0.05, 0.1) is 0 Å². The normalized spacial score (nSPS) is 15.6. The van der Waals surface area contributed by atoms with Gasteiger partial charge >= 0.3 is 30.5 Å². The van der Waals surface area contributed by atoms with Gasteiger partial charge in [0.2, 0.25) is 0 Å². The first-order chi connectivity index (χ1) is 12.5. The smallest absolute Gasteiger partial charge is 0.475 e. The lowest BCUT2D eigenvalue weighted by atomic mass is 10.2. The Morgan fingerprint density at radius 3 is 1.43 bits per heavy atom. The minimum absolute atomic E-state index is 0.257. The maximum atomic E-state index is 11.8. The molecule has 0 unspecified atom stereocenters. The van der Waals surface area contributed by atoms with E-state index in [0.717, 1.165) is 32.7 Å². The number of unbranched alkanes of at least 4 members (excludes halogenated alkanes) is 1. The first kappa shape index (κ1) is 28.4. The molecule has 0 atom stereocenters. The molecule has 1 rings (SSSR count). The number of nitrogens with zero attached hydrogens (tertiary/aromatic N) is 1. The summed E-state index contributed by atoms with van der Waals surface area (Å²) in [6.07, 6.45) is -13.9. The van der Waals surface area contributed by atoms with Crippen LogP contribution in [-0.2, 0) is 9.59 Å². The van der Waals surface area contributed by atoms with Crippen molar-refractivity contribution in [3.8, 4) is 0 Å². The molecule has 1 fully saturated rings. The predicted octanol–water partition coefficient (Wildman–Crippen LogP) is 2.89. The molecule has 1 aliphatic heterocycles. The van der Waals surface area contributed by atoms with Gasteiger partial charge in [-0.1, -0.05) is 0 Å². The molecular weight excluding hydrogens is 419 g/mol. The van der Waals surface area contributed by atoms with Gasteiger partial charge in [-0.2, -0.15) is 39.5 Å². The lowest BCUT2D eigenvalue weighted by Crippen LogP contribution is -2.43. The van der Waals surface area contributed by atoms with E-state index in [0.29, 0.717) is 6.42 Å². The zero-order valence-electron chi connectivity index (χ0n) is 14.2. The number of halogens is 9. The maximum absolute atomic E-state index is 11.8. The van der Waals surface area contributed by atoms with Crippen LogP contribution >= 0.6 is 0 Å². The summed E-state index contributed by atoms with van der Waals surface area (Å²) in [6, 6.07) is 0. The summed E-state index contributed by atoms with van der Waals surface area (Å²) >= 11 is 0. The fourth-order valence-electron chi connectivity index (χ4n) is 1.60. The highest BCUT2D eigenvalue weighted by atomic mass is 19.4. The quantitative estimate of drug-likeness (QED) is 0.462. The standard InChI is InChI=1S/C9H17F3N2.2C2HF3O2/c10-9(11,12)3-1-2-6-14-7-4-13-5-8-14;2*3-2(4,5)1(6)7/h13H,1-8H2;2*(H,6,7). The van der Waals surface area contributed by atoms with E-state index in [4.69, 9.17) is 19.8 Å². The van der Waals surface area contributed by atoms with Gasteiger partial charge in [0.25, 0.3) is 0 Å². The van der Waals surface area contributed by atoms with Crippen molar-refractivity contribution in [1.82, 2.24) is 10.2 Å². The molecule has 0 amide bonds. The predicted molar refractivity (Wildman–Crippen MR) is 76.6 cm³/mol. The van der Waals surface area contributed by atoms with Gasteiger partial charge < -0.3 is 20.4 Å². The van der Waals surface area contributed by atoms with Crippen molar-refractivity contribution >= 4 is 11.9 Å². The number of carbonyl (C=O) groups is 2.